The number of furan rings is 1. The van der Waals surface area contributed by atoms with Crippen LogP contribution in [0.1, 0.15) is 48.7 Å². The molecule has 0 saturated carbocycles. The summed E-state index contributed by atoms with van der Waals surface area (Å²) in [7, 11) is 2.03. The molecule has 1 aliphatic carbocycles. The van der Waals surface area contributed by atoms with Crippen molar-refractivity contribution in [1.29, 1.82) is 0 Å². The SMILES string of the molecule is CC(NC1CCCc2c1cnn2C)c1ccoc1. The van der Waals surface area contributed by atoms with Gasteiger partial charge in [-0.1, -0.05) is 0 Å². The molecule has 1 aliphatic rings. The van der Waals surface area contributed by atoms with Gasteiger partial charge in [-0.3, -0.25) is 4.68 Å². The normalized spacial score (nSPS) is 20.7. The number of hydrogen-bond acceptors (Lipinski definition) is 3. The zero-order valence-electron chi connectivity index (χ0n) is 10.9. The molecule has 0 spiro atoms. The molecule has 2 heterocycles. The summed E-state index contributed by atoms with van der Waals surface area (Å²) < 4.78 is 7.15. The third-order valence-corrected chi connectivity index (χ3v) is 3.87. The van der Waals surface area contributed by atoms with Crippen LogP contribution in [0, 0.1) is 0 Å². The van der Waals surface area contributed by atoms with E-state index in [-0.39, 0.29) is 0 Å². The van der Waals surface area contributed by atoms with E-state index in [0.29, 0.717) is 12.1 Å². The molecule has 0 saturated heterocycles. The Bertz CT molecular complexity index is 515. The molecule has 3 rings (SSSR count). The summed E-state index contributed by atoms with van der Waals surface area (Å²) in [5.74, 6) is 0. The van der Waals surface area contributed by atoms with Crippen LogP contribution in [-0.2, 0) is 13.5 Å². The molecule has 1 N–H and O–H groups in total. The van der Waals surface area contributed by atoms with Gasteiger partial charge in [0, 0.05) is 36.0 Å². The second-order valence-corrected chi connectivity index (χ2v) is 5.06. The van der Waals surface area contributed by atoms with Crippen molar-refractivity contribution in [3.63, 3.8) is 0 Å². The molecule has 0 aromatic carbocycles. The average Bonchev–Trinajstić information content (AvgIpc) is 3.00. The molecule has 2 aromatic heterocycles. The Morgan fingerprint density at radius 3 is 3.22 bits per heavy atom. The number of aryl methyl sites for hydroxylation is 1. The standard InChI is InChI=1S/C14H19N3O/c1-10(11-6-7-18-9-11)16-13-4-3-5-14-12(13)8-15-17(14)2/h6-10,13,16H,3-5H2,1-2H3. The molecular formula is C14H19N3O. The number of nitrogens with zero attached hydrogens (tertiary/aromatic N) is 2. The summed E-state index contributed by atoms with van der Waals surface area (Å²) >= 11 is 0. The second-order valence-electron chi connectivity index (χ2n) is 5.06. The van der Waals surface area contributed by atoms with Gasteiger partial charge in [0.25, 0.3) is 0 Å². The fourth-order valence-electron chi connectivity index (χ4n) is 2.80. The average molecular weight is 245 g/mol. The maximum atomic E-state index is 5.14. The molecule has 2 unspecified atom stereocenters. The molecule has 0 fully saturated rings. The highest BCUT2D eigenvalue weighted by Gasteiger charge is 2.24. The molecular weight excluding hydrogens is 226 g/mol. The third kappa shape index (κ3) is 1.97. The first-order chi connectivity index (χ1) is 8.75. The maximum absolute atomic E-state index is 5.14. The predicted molar refractivity (Wildman–Crippen MR) is 69.1 cm³/mol. The predicted octanol–water partition coefficient (Wildman–Crippen LogP) is 2.74. The van der Waals surface area contributed by atoms with E-state index in [1.54, 1.807) is 6.26 Å². The Morgan fingerprint density at radius 2 is 2.44 bits per heavy atom. The molecule has 0 bridgehead atoms. The van der Waals surface area contributed by atoms with Crippen LogP contribution in [0.2, 0.25) is 0 Å². The van der Waals surface area contributed by atoms with Crippen molar-refractivity contribution in [2.45, 2.75) is 38.3 Å². The van der Waals surface area contributed by atoms with Gasteiger partial charge < -0.3 is 9.73 Å². The van der Waals surface area contributed by atoms with E-state index in [1.165, 1.54) is 29.7 Å². The summed E-state index contributed by atoms with van der Waals surface area (Å²) in [6.45, 7) is 2.18. The maximum Gasteiger partial charge on any atom is 0.0950 e. The lowest BCUT2D eigenvalue weighted by atomic mass is 9.92. The minimum absolute atomic E-state index is 0.305. The van der Waals surface area contributed by atoms with Gasteiger partial charge in [0.1, 0.15) is 0 Å². The van der Waals surface area contributed by atoms with Crippen LogP contribution in [0.15, 0.2) is 29.2 Å². The van der Waals surface area contributed by atoms with E-state index in [2.05, 4.69) is 17.3 Å². The quantitative estimate of drug-likeness (QED) is 0.904. The van der Waals surface area contributed by atoms with Gasteiger partial charge in [-0.25, -0.2) is 0 Å². The molecule has 0 amide bonds. The van der Waals surface area contributed by atoms with Crippen molar-refractivity contribution < 1.29 is 4.42 Å². The van der Waals surface area contributed by atoms with E-state index in [1.807, 2.05) is 30.3 Å². The molecule has 96 valence electrons. The van der Waals surface area contributed by atoms with E-state index in [0.717, 1.165) is 6.42 Å². The van der Waals surface area contributed by atoms with Crippen molar-refractivity contribution in [3.05, 3.63) is 41.6 Å². The van der Waals surface area contributed by atoms with Gasteiger partial charge in [-0.15, -0.1) is 0 Å². The van der Waals surface area contributed by atoms with Crippen molar-refractivity contribution in [3.8, 4) is 0 Å². The molecule has 4 heteroatoms. The van der Waals surface area contributed by atoms with E-state index in [4.69, 9.17) is 4.42 Å². The first kappa shape index (κ1) is 11.5. The van der Waals surface area contributed by atoms with Gasteiger partial charge in [-0.05, 0) is 32.3 Å². The number of fused-ring (bicyclic) bond motifs is 1. The lowest BCUT2D eigenvalue weighted by Crippen LogP contribution is -2.27. The van der Waals surface area contributed by atoms with Gasteiger partial charge in [0.15, 0.2) is 0 Å². The Morgan fingerprint density at radius 1 is 1.56 bits per heavy atom. The third-order valence-electron chi connectivity index (χ3n) is 3.87. The first-order valence-electron chi connectivity index (χ1n) is 6.54. The zero-order valence-corrected chi connectivity index (χ0v) is 10.9. The van der Waals surface area contributed by atoms with Crippen LogP contribution >= 0.6 is 0 Å². The molecule has 0 radical (unpaired) electrons. The fraction of sp³-hybridized carbons (Fsp3) is 0.500. The molecule has 0 aliphatic heterocycles. The number of rotatable bonds is 3. The highest BCUT2D eigenvalue weighted by molar-refractivity contribution is 5.25. The second kappa shape index (κ2) is 4.61. The Kier molecular flexibility index (Phi) is 2.96. The molecule has 4 nitrogen and oxygen atoms in total. The highest BCUT2D eigenvalue weighted by atomic mass is 16.3. The Hall–Kier alpha value is -1.55. The zero-order chi connectivity index (χ0) is 12.5. The van der Waals surface area contributed by atoms with Crippen LogP contribution in [0.5, 0.6) is 0 Å². The Balaban J connectivity index is 1.78. The van der Waals surface area contributed by atoms with Crippen LogP contribution < -0.4 is 5.32 Å². The summed E-state index contributed by atoms with van der Waals surface area (Å²) in [5.41, 5.74) is 3.93. The van der Waals surface area contributed by atoms with E-state index >= 15 is 0 Å². The molecule has 2 atom stereocenters. The van der Waals surface area contributed by atoms with E-state index < -0.39 is 0 Å². The van der Waals surface area contributed by atoms with Gasteiger partial charge in [0.05, 0.1) is 18.7 Å². The molecule has 2 aromatic rings. The number of nitrogens with one attached hydrogen (secondary N) is 1. The van der Waals surface area contributed by atoms with Crippen LogP contribution in [0.3, 0.4) is 0 Å². The summed E-state index contributed by atoms with van der Waals surface area (Å²) in [5, 5.41) is 8.05. The summed E-state index contributed by atoms with van der Waals surface area (Å²) in [4.78, 5) is 0. The monoisotopic (exact) mass is 245 g/mol. The van der Waals surface area contributed by atoms with Crippen molar-refractivity contribution in [1.82, 2.24) is 15.1 Å². The minimum Gasteiger partial charge on any atom is -0.472 e. The molecule has 18 heavy (non-hydrogen) atoms. The first-order valence-corrected chi connectivity index (χ1v) is 6.54. The van der Waals surface area contributed by atoms with Crippen molar-refractivity contribution in [2.24, 2.45) is 7.05 Å². The van der Waals surface area contributed by atoms with Crippen molar-refractivity contribution in [2.75, 3.05) is 0 Å². The van der Waals surface area contributed by atoms with Crippen molar-refractivity contribution >= 4 is 0 Å². The highest BCUT2D eigenvalue weighted by Crippen LogP contribution is 2.31. The van der Waals surface area contributed by atoms with Crippen LogP contribution in [-0.4, -0.2) is 9.78 Å². The van der Waals surface area contributed by atoms with E-state index in [9.17, 15) is 0 Å². The number of aromatic nitrogens is 2. The minimum atomic E-state index is 0.305. The van der Waals surface area contributed by atoms with Crippen LogP contribution in [0.25, 0.3) is 0 Å². The lowest BCUT2D eigenvalue weighted by Gasteiger charge is -2.26. The van der Waals surface area contributed by atoms with Gasteiger partial charge >= 0.3 is 0 Å². The Labute approximate surface area is 107 Å². The van der Waals surface area contributed by atoms with Crippen LogP contribution in [0.4, 0.5) is 0 Å². The largest absolute Gasteiger partial charge is 0.472 e. The number of hydrogen-bond donors (Lipinski definition) is 1. The lowest BCUT2D eigenvalue weighted by molar-refractivity contribution is 0.409. The topological polar surface area (TPSA) is 43.0 Å². The summed E-state index contributed by atoms with van der Waals surface area (Å²) in [6.07, 6.45) is 9.09. The van der Waals surface area contributed by atoms with Gasteiger partial charge in [-0.2, -0.15) is 5.10 Å². The van der Waals surface area contributed by atoms with Gasteiger partial charge in [0.2, 0.25) is 0 Å². The smallest absolute Gasteiger partial charge is 0.0950 e. The summed E-state index contributed by atoms with van der Waals surface area (Å²) in [6, 6.07) is 2.73. The fourth-order valence-corrected chi connectivity index (χ4v) is 2.80.